The highest BCUT2D eigenvalue weighted by atomic mass is 16.1. The Morgan fingerprint density at radius 3 is 2.60 bits per heavy atom. The number of piperidine rings is 1. The van der Waals surface area contributed by atoms with Crippen LogP contribution >= 0.6 is 0 Å². The van der Waals surface area contributed by atoms with E-state index in [4.69, 9.17) is 4.98 Å². The number of hydrogen-bond acceptors (Lipinski definition) is 4. The van der Waals surface area contributed by atoms with Gasteiger partial charge in [-0.1, -0.05) is 24.6 Å². The molecule has 1 fully saturated rings. The standard InChI is InChI=1S/C24H31N5O/c1-17-20(15-26-28(17)4)22-14-19(18-10-6-7-11-21(18)27-22)23(30)25-16-24(2,3)29-12-8-5-9-13-29/h6-7,10-11,14-15H,5,8-9,12-13,16H2,1-4H3,(H,25,30). The lowest BCUT2D eigenvalue weighted by Gasteiger charge is -2.41. The zero-order chi connectivity index (χ0) is 21.3. The Hall–Kier alpha value is -2.73. The number of aromatic nitrogens is 3. The molecule has 1 aromatic carbocycles. The number of pyridine rings is 1. The van der Waals surface area contributed by atoms with E-state index >= 15 is 0 Å². The van der Waals surface area contributed by atoms with E-state index in [1.165, 1.54) is 19.3 Å². The van der Waals surface area contributed by atoms with Crippen LogP contribution in [-0.2, 0) is 7.05 Å². The Kier molecular flexibility index (Phi) is 5.60. The summed E-state index contributed by atoms with van der Waals surface area (Å²) in [5, 5.41) is 8.41. The van der Waals surface area contributed by atoms with Crippen LogP contribution in [0.3, 0.4) is 0 Å². The first kappa shape index (κ1) is 20.5. The quantitative estimate of drug-likeness (QED) is 0.698. The number of aryl methyl sites for hydroxylation is 1. The van der Waals surface area contributed by atoms with Crippen LogP contribution < -0.4 is 5.32 Å². The Labute approximate surface area is 178 Å². The third-order valence-corrected chi connectivity index (χ3v) is 6.37. The minimum absolute atomic E-state index is 0.0542. The molecule has 4 rings (SSSR count). The number of nitrogens with zero attached hydrogens (tertiary/aromatic N) is 4. The number of carbonyl (C=O) groups excluding carboxylic acids is 1. The molecular weight excluding hydrogens is 374 g/mol. The molecule has 3 aromatic rings. The van der Waals surface area contributed by atoms with Crippen LogP contribution in [0.25, 0.3) is 22.2 Å². The molecule has 3 heterocycles. The second-order valence-corrected chi connectivity index (χ2v) is 8.88. The molecule has 6 nitrogen and oxygen atoms in total. The van der Waals surface area contributed by atoms with E-state index in [9.17, 15) is 4.79 Å². The van der Waals surface area contributed by atoms with Crippen LogP contribution in [0.5, 0.6) is 0 Å². The molecule has 6 heteroatoms. The molecular formula is C24H31N5O. The number of benzene rings is 1. The zero-order valence-electron chi connectivity index (χ0n) is 18.4. The average Bonchev–Trinajstić information content (AvgIpc) is 3.10. The number of nitrogens with one attached hydrogen (secondary N) is 1. The van der Waals surface area contributed by atoms with Crippen molar-refractivity contribution in [1.29, 1.82) is 0 Å². The first-order valence-corrected chi connectivity index (χ1v) is 10.8. The van der Waals surface area contributed by atoms with E-state index < -0.39 is 0 Å². The SMILES string of the molecule is Cc1c(-c2cc(C(=O)NCC(C)(C)N3CCCCC3)c3ccccc3n2)cnn1C. The molecule has 158 valence electrons. The summed E-state index contributed by atoms with van der Waals surface area (Å²) < 4.78 is 1.83. The van der Waals surface area contributed by atoms with Gasteiger partial charge in [-0.2, -0.15) is 5.10 Å². The fraction of sp³-hybridized carbons (Fsp3) is 0.458. The first-order valence-electron chi connectivity index (χ1n) is 10.8. The smallest absolute Gasteiger partial charge is 0.252 e. The van der Waals surface area contributed by atoms with E-state index in [1.807, 2.05) is 55.2 Å². The molecule has 30 heavy (non-hydrogen) atoms. The van der Waals surface area contributed by atoms with Gasteiger partial charge in [0.15, 0.2) is 0 Å². The highest BCUT2D eigenvalue weighted by Gasteiger charge is 2.28. The van der Waals surface area contributed by atoms with Crippen molar-refractivity contribution < 1.29 is 4.79 Å². The van der Waals surface area contributed by atoms with Gasteiger partial charge in [-0.25, -0.2) is 4.98 Å². The van der Waals surface area contributed by atoms with E-state index in [1.54, 1.807) is 0 Å². The molecule has 1 N–H and O–H groups in total. The Morgan fingerprint density at radius 1 is 1.17 bits per heavy atom. The molecule has 1 saturated heterocycles. The predicted octanol–water partition coefficient (Wildman–Crippen LogP) is 3.94. The third-order valence-electron chi connectivity index (χ3n) is 6.37. The van der Waals surface area contributed by atoms with E-state index in [2.05, 4.69) is 29.2 Å². The second kappa shape index (κ2) is 8.19. The van der Waals surface area contributed by atoms with Crippen LogP contribution in [0.15, 0.2) is 36.5 Å². The summed E-state index contributed by atoms with van der Waals surface area (Å²) in [6.45, 7) is 9.27. The summed E-state index contributed by atoms with van der Waals surface area (Å²) in [5.74, 6) is -0.0542. The Balaban J connectivity index is 1.64. The van der Waals surface area contributed by atoms with Gasteiger partial charge in [-0.05, 0) is 58.8 Å². The molecule has 0 unspecified atom stereocenters. The molecule has 0 saturated carbocycles. The lowest BCUT2D eigenvalue weighted by Crippen LogP contribution is -2.53. The van der Waals surface area contributed by atoms with Crippen molar-refractivity contribution in [3.8, 4) is 11.3 Å². The van der Waals surface area contributed by atoms with Crippen LogP contribution in [0.4, 0.5) is 0 Å². The van der Waals surface area contributed by atoms with E-state index in [-0.39, 0.29) is 11.4 Å². The lowest BCUT2D eigenvalue weighted by molar-refractivity contribution is 0.0798. The monoisotopic (exact) mass is 405 g/mol. The maximum absolute atomic E-state index is 13.3. The second-order valence-electron chi connectivity index (χ2n) is 8.88. The van der Waals surface area contributed by atoms with Gasteiger partial charge in [-0.3, -0.25) is 14.4 Å². The number of hydrogen-bond donors (Lipinski definition) is 1. The molecule has 0 aliphatic carbocycles. The first-order chi connectivity index (χ1) is 14.4. The van der Waals surface area contributed by atoms with Crippen molar-refractivity contribution >= 4 is 16.8 Å². The molecule has 1 amide bonds. The van der Waals surface area contributed by atoms with Gasteiger partial charge < -0.3 is 5.32 Å². The van der Waals surface area contributed by atoms with Crippen LogP contribution in [-0.4, -0.2) is 50.7 Å². The van der Waals surface area contributed by atoms with Gasteiger partial charge in [0.2, 0.25) is 0 Å². The summed E-state index contributed by atoms with van der Waals surface area (Å²) in [5.41, 5.74) is 4.16. The van der Waals surface area contributed by atoms with Crippen molar-refractivity contribution in [2.45, 2.75) is 45.6 Å². The van der Waals surface area contributed by atoms with Crippen molar-refractivity contribution in [2.75, 3.05) is 19.6 Å². The Morgan fingerprint density at radius 2 is 1.90 bits per heavy atom. The maximum atomic E-state index is 13.3. The summed E-state index contributed by atoms with van der Waals surface area (Å²) >= 11 is 0. The predicted molar refractivity (Wildman–Crippen MR) is 121 cm³/mol. The number of amides is 1. The van der Waals surface area contributed by atoms with Crippen LogP contribution in [0.1, 0.15) is 49.2 Å². The van der Waals surface area contributed by atoms with Crippen LogP contribution in [0.2, 0.25) is 0 Å². The van der Waals surface area contributed by atoms with E-state index in [0.717, 1.165) is 40.9 Å². The van der Waals surface area contributed by atoms with Crippen LogP contribution in [0, 0.1) is 6.92 Å². The summed E-state index contributed by atoms with van der Waals surface area (Å²) in [6.07, 6.45) is 5.59. The summed E-state index contributed by atoms with van der Waals surface area (Å²) in [7, 11) is 1.91. The van der Waals surface area contributed by atoms with Gasteiger partial charge in [0.05, 0.1) is 23.0 Å². The van der Waals surface area contributed by atoms with Crippen molar-refractivity contribution in [1.82, 2.24) is 25.0 Å². The maximum Gasteiger partial charge on any atom is 0.252 e. The summed E-state index contributed by atoms with van der Waals surface area (Å²) in [6, 6.07) is 9.73. The average molecular weight is 406 g/mol. The summed E-state index contributed by atoms with van der Waals surface area (Å²) in [4.78, 5) is 20.6. The van der Waals surface area contributed by atoms with Gasteiger partial charge in [-0.15, -0.1) is 0 Å². The van der Waals surface area contributed by atoms with Crippen molar-refractivity contribution in [3.05, 3.63) is 47.8 Å². The topological polar surface area (TPSA) is 63.1 Å². The molecule has 0 spiro atoms. The lowest BCUT2D eigenvalue weighted by atomic mass is 9.98. The fourth-order valence-corrected chi connectivity index (χ4v) is 4.25. The minimum atomic E-state index is -0.0678. The molecule has 2 aromatic heterocycles. The molecule has 0 atom stereocenters. The molecule has 0 bridgehead atoms. The molecule has 1 aliphatic heterocycles. The van der Waals surface area contributed by atoms with Crippen molar-refractivity contribution in [2.24, 2.45) is 7.05 Å². The van der Waals surface area contributed by atoms with Crippen molar-refractivity contribution in [3.63, 3.8) is 0 Å². The number of carbonyl (C=O) groups is 1. The minimum Gasteiger partial charge on any atom is -0.350 e. The highest BCUT2D eigenvalue weighted by molar-refractivity contribution is 6.07. The van der Waals surface area contributed by atoms with E-state index in [0.29, 0.717) is 12.1 Å². The fourth-order valence-electron chi connectivity index (χ4n) is 4.25. The third kappa shape index (κ3) is 3.97. The number of fused-ring (bicyclic) bond motifs is 1. The van der Waals surface area contributed by atoms with Gasteiger partial charge in [0.25, 0.3) is 5.91 Å². The molecule has 1 aliphatic rings. The van der Waals surface area contributed by atoms with Gasteiger partial charge in [0, 0.05) is 35.8 Å². The number of rotatable bonds is 5. The highest BCUT2D eigenvalue weighted by Crippen LogP contribution is 2.27. The number of para-hydroxylation sites is 1. The largest absolute Gasteiger partial charge is 0.350 e. The normalized spacial score (nSPS) is 15.5. The number of likely N-dealkylation sites (tertiary alicyclic amines) is 1. The van der Waals surface area contributed by atoms with Gasteiger partial charge in [0.1, 0.15) is 0 Å². The Bertz CT molecular complexity index is 1060. The molecule has 0 radical (unpaired) electrons. The van der Waals surface area contributed by atoms with Gasteiger partial charge >= 0.3 is 0 Å². The zero-order valence-corrected chi connectivity index (χ0v) is 18.4.